The van der Waals surface area contributed by atoms with Crippen LogP contribution in [-0.4, -0.2) is 19.0 Å². The van der Waals surface area contributed by atoms with Crippen molar-refractivity contribution in [1.82, 2.24) is 5.32 Å². The van der Waals surface area contributed by atoms with E-state index in [0.717, 1.165) is 25.2 Å². The molecule has 3 nitrogen and oxygen atoms in total. The SMILES string of the molecule is O=C1N(Cc2ccccc2)c2ccccc2C12CCNC2. The molecule has 1 spiro atoms. The van der Waals surface area contributed by atoms with Crippen LogP contribution in [0.15, 0.2) is 54.6 Å². The maximum atomic E-state index is 13.1. The first-order valence-electron chi connectivity index (χ1n) is 7.47. The smallest absolute Gasteiger partial charge is 0.239 e. The van der Waals surface area contributed by atoms with Gasteiger partial charge in [-0.25, -0.2) is 0 Å². The van der Waals surface area contributed by atoms with Crippen molar-refractivity contribution >= 4 is 11.6 Å². The number of nitrogens with one attached hydrogen (secondary N) is 1. The van der Waals surface area contributed by atoms with E-state index in [0.29, 0.717) is 6.54 Å². The quantitative estimate of drug-likeness (QED) is 0.915. The lowest BCUT2D eigenvalue weighted by molar-refractivity contribution is -0.122. The predicted molar refractivity (Wildman–Crippen MR) is 83.2 cm³/mol. The third-order valence-electron chi connectivity index (χ3n) is 4.70. The first-order valence-corrected chi connectivity index (χ1v) is 7.47. The van der Waals surface area contributed by atoms with E-state index >= 15 is 0 Å². The molecule has 0 bridgehead atoms. The topological polar surface area (TPSA) is 32.3 Å². The summed E-state index contributed by atoms with van der Waals surface area (Å²) in [6.07, 6.45) is 0.897. The summed E-state index contributed by atoms with van der Waals surface area (Å²) in [5, 5.41) is 3.36. The Morgan fingerprint density at radius 2 is 1.81 bits per heavy atom. The lowest BCUT2D eigenvalue weighted by Crippen LogP contribution is -2.41. The van der Waals surface area contributed by atoms with Gasteiger partial charge in [-0.15, -0.1) is 0 Å². The summed E-state index contributed by atoms with van der Waals surface area (Å²) in [5.41, 5.74) is 3.10. The van der Waals surface area contributed by atoms with Gasteiger partial charge >= 0.3 is 0 Å². The van der Waals surface area contributed by atoms with Crippen molar-refractivity contribution in [3.63, 3.8) is 0 Å². The van der Waals surface area contributed by atoms with E-state index in [9.17, 15) is 4.79 Å². The monoisotopic (exact) mass is 278 g/mol. The average Bonchev–Trinajstić information content (AvgIpc) is 3.11. The molecule has 1 fully saturated rings. The Labute approximate surface area is 124 Å². The molecule has 21 heavy (non-hydrogen) atoms. The molecule has 3 heteroatoms. The predicted octanol–water partition coefficient (Wildman–Crippen LogP) is 2.46. The van der Waals surface area contributed by atoms with Crippen LogP contribution in [0.1, 0.15) is 17.5 Å². The highest BCUT2D eigenvalue weighted by Crippen LogP contribution is 2.45. The molecule has 0 aromatic heterocycles. The molecular weight excluding hydrogens is 260 g/mol. The van der Waals surface area contributed by atoms with Gasteiger partial charge in [0, 0.05) is 12.2 Å². The van der Waals surface area contributed by atoms with E-state index in [2.05, 4.69) is 29.6 Å². The number of nitrogens with zero attached hydrogens (tertiary/aromatic N) is 1. The minimum absolute atomic E-state index is 0.248. The fourth-order valence-corrected chi connectivity index (χ4v) is 3.62. The Kier molecular flexibility index (Phi) is 2.82. The highest BCUT2D eigenvalue weighted by atomic mass is 16.2. The summed E-state index contributed by atoms with van der Waals surface area (Å²) in [6.45, 7) is 2.33. The summed E-state index contributed by atoms with van der Waals surface area (Å²) in [6, 6.07) is 18.5. The van der Waals surface area contributed by atoms with E-state index in [1.807, 2.05) is 35.2 Å². The standard InChI is InChI=1S/C18H18N2O/c21-17-18(10-11-19-13-18)15-8-4-5-9-16(15)20(17)12-14-6-2-1-3-7-14/h1-9,19H,10-13H2. The number of hydrogen-bond acceptors (Lipinski definition) is 2. The fraction of sp³-hybridized carbons (Fsp3) is 0.278. The van der Waals surface area contributed by atoms with Crippen molar-refractivity contribution in [2.75, 3.05) is 18.0 Å². The largest absolute Gasteiger partial charge is 0.315 e. The number of benzene rings is 2. The first kappa shape index (κ1) is 12.6. The van der Waals surface area contributed by atoms with Crippen LogP contribution in [0.4, 0.5) is 5.69 Å². The van der Waals surface area contributed by atoms with E-state index in [4.69, 9.17) is 0 Å². The highest BCUT2D eigenvalue weighted by Gasteiger charge is 2.51. The van der Waals surface area contributed by atoms with Gasteiger partial charge in [0.15, 0.2) is 0 Å². The normalized spacial score (nSPS) is 23.8. The summed E-state index contributed by atoms with van der Waals surface area (Å²) < 4.78 is 0. The fourth-order valence-electron chi connectivity index (χ4n) is 3.62. The van der Waals surface area contributed by atoms with Crippen LogP contribution in [0.25, 0.3) is 0 Å². The van der Waals surface area contributed by atoms with Crippen LogP contribution in [0.5, 0.6) is 0 Å². The zero-order valence-corrected chi connectivity index (χ0v) is 11.9. The van der Waals surface area contributed by atoms with E-state index in [1.54, 1.807) is 0 Å². The van der Waals surface area contributed by atoms with Crippen molar-refractivity contribution in [3.05, 3.63) is 65.7 Å². The Bertz CT molecular complexity index is 675. The van der Waals surface area contributed by atoms with Crippen molar-refractivity contribution < 1.29 is 4.79 Å². The number of anilines is 1. The second kappa shape index (κ2) is 4.71. The number of para-hydroxylation sites is 1. The third kappa shape index (κ3) is 1.81. The van der Waals surface area contributed by atoms with E-state index < -0.39 is 0 Å². The number of hydrogen-bond donors (Lipinski definition) is 1. The van der Waals surface area contributed by atoms with Crippen molar-refractivity contribution in [2.45, 2.75) is 18.4 Å². The average molecular weight is 278 g/mol. The summed E-state index contributed by atoms with van der Waals surface area (Å²) in [4.78, 5) is 15.0. The van der Waals surface area contributed by atoms with Crippen molar-refractivity contribution in [2.24, 2.45) is 0 Å². The molecule has 1 unspecified atom stereocenters. The lowest BCUT2D eigenvalue weighted by atomic mass is 9.81. The molecule has 1 amide bonds. The van der Waals surface area contributed by atoms with Gasteiger partial charge in [-0.05, 0) is 30.2 Å². The summed E-state index contributed by atoms with van der Waals surface area (Å²) in [7, 11) is 0. The molecule has 106 valence electrons. The number of carbonyl (C=O) groups excluding carboxylic acids is 1. The van der Waals surface area contributed by atoms with Crippen LogP contribution in [-0.2, 0) is 16.8 Å². The van der Waals surface area contributed by atoms with Crippen LogP contribution in [0.3, 0.4) is 0 Å². The second-order valence-corrected chi connectivity index (χ2v) is 5.90. The van der Waals surface area contributed by atoms with Crippen LogP contribution >= 0.6 is 0 Å². The van der Waals surface area contributed by atoms with Gasteiger partial charge in [0.2, 0.25) is 5.91 Å². The number of amides is 1. The Balaban J connectivity index is 1.77. The molecule has 1 saturated heterocycles. The number of fused-ring (bicyclic) bond motifs is 2. The molecule has 0 aliphatic carbocycles. The molecule has 2 aliphatic rings. The Morgan fingerprint density at radius 1 is 1.05 bits per heavy atom. The van der Waals surface area contributed by atoms with E-state index in [1.165, 1.54) is 11.1 Å². The second-order valence-electron chi connectivity index (χ2n) is 5.90. The molecule has 1 atom stereocenters. The minimum atomic E-state index is -0.342. The maximum absolute atomic E-state index is 13.1. The van der Waals surface area contributed by atoms with Gasteiger partial charge in [0.1, 0.15) is 0 Å². The summed E-state index contributed by atoms with van der Waals surface area (Å²) >= 11 is 0. The van der Waals surface area contributed by atoms with Crippen molar-refractivity contribution in [1.29, 1.82) is 0 Å². The third-order valence-corrected chi connectivity index (χ3v) is 4.70. The molecule has 2 aliphatic heterocycles. The van der Waals surface area contributed by atoms with Crippen LogP contribution in [0.2, 0.25) is 0 Å². The van der Waals surface area contributed by atoms with Gasteiger partial charge in [-0.1, -0.05) is 48.5 Å². The lowest BCUT2D eigenvalue weighted by Gasteiger charge is -2.23. The molecule has 0 radical (unpaired) electrons. The number of rotatable bonds is 2. The van der Waals surface area contributed by atoms with Gasteiger partial charge < -0.3 is 10.2 Å². The molecule has 2 aromatic rings. The van der Waals surface area contributed by atoms with Crippen molar-refractivity contribution in [3.8, 4) is 0 Å². The maximum Gasteiger partial charge on any atom is 0.239 e. The molecule has 0 saturated carbocycles. The zero-order valence-electron chi connectivity index (χ0n) is 11.9. The van der Waals surface area contributed by atoms with Crippen LogP contribution in [0, 0.1) is 0 Å². The molecule has 2 heterocycles. The van der Waals surface area contributed by atoms with Gasteiger partial charge in [0.25, 0.3) is 0 Å². The highest BCUT2D eigenvalue weighted by molar-refractivity contribution is 6.08. The number of carbonyl (C=O) groups is 1. The zero-order chi connectivity index (χ0) is 14.3. The van der Waals surface area contributed by atoms with Gasteiger partial charge in [-0.2, -0.15) is 0 Å². The molecule has 2 aromatic carbocycles. The van der Waals surface area contributed by atoms with Gasteiger partial charge in [-0.3, -0.25) is 4.79 Å². The molecule has 4 rings (SSSR count). The first-order chi connectivity index (χ1) is 10.3. The van der Waals surface area contributed by atoms with E-state index in [-0.39, 0.29) is 11.3 Å². The van der Waals surface area contributed by atoms with Crippen LogP contribution < -0.4 is 10.2 Å². The Hall–Kier alpha value is -2.13. The molecule has 1 N–H and O–H groups in total. The van der Waals surface area contributed by atoms with Gasteiger partial charge in [0.05, 0.1) is 12.0 Å². The summed E-state index contributed by atoms with van der Waals surface area (Å²) in [5.74, 6) is 0.248. The molecular formula is C18H18N2O. The Morgan fingerprint density at radius 3 is 2.57 bits per heavy atom. The minimum Gasteiger partial charge on any atom is -0.315 e.